The summed E-state index contributed by atoms with van der Waals surface area (Å²) < 4.78 is 11.5. The third kappa shape index (κ3) is 5.13. The SMILES string of the molecule is CONCC(=O)NC1C[C@H](O[C@H]2C[C@](O)(C(C)=O)Cc3c(O)c4c(c(O)c32)C(=O)c2c(CO)cccc2C4=O)OC=C1O. The van der Waals surface area contributed by atoms with Crippen LogP contribution in [0, 0.1) is 0 Å². The van der Waals surface area contributed by atoms with Gasteiger partial charge >= 0.3 is 0 Å². The lowest BCUT2D eigenvalue weighted by Crippen LogP contribution is -2.47. The normalized spacial score (nSPS) is 24.3. The van der Waals surface area contributed by atoms with Crippen LogP contribution >= 0.6 is 0 Å². The number of fused-ring (bicyclic) bond motifs is 3. The fourth-order valence-corrected chi connectivity index (χ4v) is 5.75. The van der Waals surface area contributed by atoms with E-state index in [-0.39, 0.29) is 46.5 Å². The smallest absolute Gasteiger partial charge is 0.236 e. The maximum absolute atomic E-state index is 13.7. The molecule has 0 fully saturated rings. The number of phenols is 2. The Morgan fingerprint density at radius 3 is 2.49 bits per heavy atom. The number of nitrogens with one attached hydrogen (secondary N) is 2. The van der Waals surface area contributed by atoms with Crippen molar-refractivity contribution in [1.82, 2.24) is 10.8 Å². The number of hydrogen-bond donors (Lipinski definition) is 7. The Morgan fingerprint density at radius 2 is 1.81 bits per heavy atom. The number of ketones is 3. The van der Waals surface area contributed by atoms with Crippen LogP contribution in [0.3, 0.4) is 0 Å². The first-order valence-corrected chi connectivity index (χ1v) is 13.3. The van der Waals surface area contributed by atoms with Crippen LogP contribution in [0.4, 0.5) is 0 Å². The van der Waals surface area contributed by atoms with Gasteiger partial charge in [0.05, 0.1) is 43.5 Å². The molecule has 5 rings (SSSR count). The molecule has 0 aromatic heterocycles. The fraction of sp³-hybridized carbons (Fsp3) is 0.379. The quantitative estimate of drug-likeness (QED) is 0.139. The molecule has 0 radical (unpaired) electrons. The van der Waals surface area contributed by atoms with Gasteiger partial charge in [-0.3, -0.25) is 19.2 Å². The van der Waals surface area contributed by atoms with Gasteiger partial charge in [0.2, 0.25) is 12.2 Å². The molecule has 0 spiro atoms. The number of phenolic OH excluding ortho intramolecular Hbond substituents is 2. The molecule has 1 aliphatic heterocycles. The Kier molecular flexibility index (Phi) is 7.98. The van der Waals surface area contributed by atoms with Crippen molar-refractivity contribution in [3.63, 3.8) is 0 Å². The number of hydroxylamine groups is 1. The zero-order valence-electron chi connectivity index (χ0n) is 23.2. The van der Waals surface area contributed by atoms with Crippen molar-refractivity contribution in [2.24, 2.45) is 0 Å². The summed E-state index contributed by atoms with van der Waals surface area (Å²) in [5, 5.41) is 56.8. The number of hydrogen-bond acceptors (Lipinski definition) is 13. The van der Waals surface area contributed by atoms with Crippen molar-refractivity contribution in [2.45, 2.75) is 56.8 Å². The maximum Gasteiger partial charge on any atom is 0.236 e. The molecule has 2 aromatic carbocycles. The number of aromatic hydroxyl groups is 2. The molecule has 43 heavy (non-hydrogen) atoms. The van der Waals surface area contributed by atoms with Crippen molar-refractivity contribution in [3.8, 4) is 11.5 Å². The topological polar surface area (TPSA) is 221 Å². The minimum absolute atomic E-state index is 0.0832. The molecular weight excluding hydrogens is 568 g/mol. The molecule has 0 saturated heterocycles. The zero-order chi connectivity index (χ0) is 31.2. The number of rotatable bonds is 8. The van der Waals surface area contributed by atoms with E-state index in [1.54, 1.807) is 0 Å². The summed E-state index contributed by atoms with van der Waals surface area (Å²) in [5.41, 5.74) is -1.09. The molecule has 3 aliphatic rings. The van der Waals surface area contributed by atoms with Crippen LogP contribution in [0.2, 0.25) is 0 Å². The van der Waals surface area contributed by atoms with Gasteiger partial charge in [-0.1, -0.05) is 18.2 Å². The van der Waals surface area contributed by atoms with E-state index in [0.717, 1.165) is 13.2 Å². The predicted molar refractivity (Wildman–Crippen MR) is 144 cm³/mol. The van der Waals surface area contributed by atoms with Gasteiger partial charge in [0.1, 0.15) is 29.1 Å². The predicted octanol–water partition coefficient (Wildman–Crippen LogP) is 0.471. The van der Waals surface area contributed by atoms with E-state index >= 15 is 0 Å². The van der Waals surface area contributed by atoms with Gasteiger partial charge in [0.25, 0.3) is 0 Å². The monoisotopic (exact) mass is 598 g/mol. The Balaban J connectivity index is 1.57. The molecule has 1 amide bonds. The lowest BCUT2D eigenvalue weighted by molar-refractivity contribution is -0.180. The highest BCUT2D eigenvalue weighted by molar-refractivity contribution is 6.31. The molecule has 228 valence electrons. The van der Waals surface area contributed by atoms with E-state index in [4.69, 9.17) is 9.47 Å². The summed E-state index contributed by atoms with van der Waals surface area (Å²) in [6.45, 7) is 0.349. The van der Waals surface area contributed by atoms with Gasteiger partial charge in [-0.05, 0) is 12.5 Å². The molecule has 2 aromatic rings. The van der Waals surface area contributed by atoms with Crippen molar-refractivity contribution < 1.29 is 59.0 Å². The highest BCUT2D eigenvalue weighted by atomic mass is 16.7. The summed E-state index contributed by atoms with van der Waals surface area (Å²) in [5.74, 6) is -4.52. The van der Waals surface area contributed by atoms with Crippen LogP contribution < -0.4 is 10.8 Å². The number of aliphatic hydroxyl groups is 3. The Hall–Kier alpha value is -4.34. The van der Waals surface area contributed by atoms with Gasteiger partial charge in [0.15, 0.2) is 17.3 Å². The molecule has 14 nitrogen and oxygen atoms in total. The molecule has 0 bridgehead atoms. The first-order valence-electron chi connectivity index (χ1n) is 13.3. The number of aliphatic hydroxyl groups excluding tert-OH is 2. The van der Waals surface area contributed by atoms with E-state index in [0.29, 0.717) is 0 Å². The molecule has 2 aliphatic carbocycles. The minimum Gasteiger partial charge on any atom is -0.507 e. The zero-order valence-corrected chi connectivity index (χ0v) is 23.2. The van der Waals surface area contributed by atoms with Gasteiger partial charge in [-0.2, -0.15) is 5.48 Å². The Morgan fingerprint density at radius 1 is 1.09 bits per heavy atom. The van der Waals surface area contributed by atoms with Crippen LogP contribution in [0.1, 0.15) is 74.4 Å². The second kappa shape index (κ2) is 11.4. The molecule has 1 heterocycles. The summed E-state index contributed by atoms with van der Waals surface area (Å²) in [6, 6.07) is 3.31. The number of Topliss-reactive ketones (excluding diaryl/α,β-unsaturated/α-hetero) is 1. The number of amides is 1. The van der Waals surface area contributed by atoms with E-state index in [2.05, 4.69) is 15.6 Å². The number of ether oxygens (including phenoxy) is 2. The van der Waals surface area contributed by atoms with Crippen molar-refractivity contribution >= 4 is 23.3 Å². The van der Waals surface area contributed by atoms with Gasteiger partial charge in [0, 0.05) is 41.5 Å². The lowest BCUT2D eigenvalue weighted by Gasteiger charge is -2.40. The third-order valence-corrected chi connectivity index (χ3v) is 7.96. The summed E-state index contributed by atoms with van der Waals surface area (Å²) in [7, 11) is 1.32. The largest absolute Gasteiger partial charge is 0.507 e. The van der Waals surface area contributed by atoms with Crippen LogP contribution in [-0.2, 0) is 36.9 Å². The summed E-state index contributed by atoms with van der Waals surface area (Å²) >= 11 is 0. The maximum atomic E-state index is 13.7. The standard InChI is InChI=1S/C29H30N2O12/c1-12(33)29(40)7-15-22(18(8-29)43-20-6-16(17(34)11-42-20)31-19(35)9-30-41-2)28(39)24-23(26(15)37)25(36)14-5-3-4-13(10-32)21(14)27(24)38/h3-5,11,16,18,20,30,32,34,37,39-40H,6-10H2,1-2H3,(H,31,35)/t16?,18-,20-,29-/m0/s1. The van der Waals surface area contributed by atoms with Crippen LogP contribution in [-0.4, -0.2) is 80.4 Å². The second-order valence-electron chi connectivity index (χ2n) is 10.6. The number of carbonyl (C=O) groups excluding carboxylic acids is 4. The highest BCUT2D eigenvalue weighted by Gasteiger charge is 2.49. The third-order valence-electron chi connectivity index (χ3n) is 7.96. The average Bonchev–Trinajstić information content (AvgIpc) is 2.97. The van der Waals surface area contributed by atoms with E-state index in [1.807, 2.05) is 0 Å². The minimum atomic E-state index is -2.09. The molecule has 7 N–H and O–H groups in total. The van der Waals surface area contributed by atoms with Crippen molar-refractivity contribution in [2.75, 3.05) is 13.7 Å². The van der Waals surface area contributed by atoms with Crippen molar-refractivity contribution in [3.05, 3.63) is 69.2 Å². The van der Waals surface area contributed by atoms with E-state index in [1.165, 1.54) is 25.3 Å². The van der Waals surface area contributed by atoms with Crippen LogP contribution in [0.15, 0.2) is 30.2 Å². The number of benzene rings is 2. The molecule has 0 saturated carbocycles. The molecule has 4 atom stereocenters. The molecule has 1 unspecified atom stereocenters. The molecule has 14 heteroatoms. The van der Waals surface area contributed by atoms with Gasteiger partial charge in [-0.25, -0.2) is 0 Å². The fourth-order valence-electron chi connectivity index (χ4n) is 5.75. The summed E-state index contributed by atoms with van der Waals surface area (Å²) in [4.78, 5) is 56.6. The average molecular weight is 599 g/mol. The van der Waals surface area contributed by atoms with Gasteiger partial charge in [-0.15, -0.1) is 0 Å². The van der Waals surface area contributed by atoms with E-state index < -0.39 is 89.4 Å². The van der Waals surface area contributed by atoms with E-state index in [9.17, 15) is 44.7 Å². The highest BCUT2D eigenvalue weighted by Crippen LogP contribution is 2.52. The second-order valence-corrected chi connectivity index (χ2v) is 10.6. The Bertz CT molecular complexity index is 1570. The number of carbonyl (C=O) groups is 4. The first-order chi connectivity index (χ1) is 20.4. The van der Waals surface area contributed by atoms with Gasteiger partial charge < -0.3 is 45.2 Å². The van der Waals surface area contributed by atoms with Crippen LogP contribution in [0.25, 0.3) is 0 Å². The molecular formula is C29H30N2O12. The first kappa shape index (κ1) is 30.1. The Labute approximate surface area is 244 Å². The van der Waals surface area contributed by atoms with Crippen molar-refractivity contribution in [1.29, 1.82) is 0 Å². The summed E-state index contributed by atoms with van der Waals surface area (Å²) in [6.07, 6.45) is -2.69. The van der Waals surface area contributed by atoms with Crippen LogP contribution in [0.5, 0.6) is 11.5 Å². The lowest BCUT2D eigenvalue weighted by atomic mass is 9.71.